The van der Waals surface area contributed by atoms with Crippen molar-refractivity contribution < 1.29 is 14.3 Å². The number of carbonyl (C=O) groups is 1. The van der Waals surface area contributed by atoms with Crippen molar-refractivity contribution in [1.82, 2.24) is 20.3 Å². The summed E-state index contributed by atoms with van der Waals surface area (Å²) in [6.45, 7) is 7.17. The highest BCUT2D eigenvalue weighted by molar-refractivity contribution is 5.94. The number of nitrogens with zero attached hydrogens (tertiary/aromatic N) is 3. The van der Waals surface area contributed by atoms with E-state index in [0.717, 1.165) is 12.8 Å². The highest BCUT2D eigenvalue weighted by Gasteiger charge is 2.14. The van der Waals surface area contributed by atoms with Gasteiger partial charge in [-0.2, -0.15) is 15.0 Å². The molecule has 1 fully saturated rings. The van der Waals surface area contributed by atoms with Gasteiger partial charge in [0.05, 0.1) is 26.4 Å². The lowest BCUT2D eigenvalue weighted by Crippen LogP contribution is -2.27. The van der Waals surface area contributed by atoms with Crippen molar-refractivity contribution >= 4 is 23.8 Å². The van der Waals surface area contributed by atoms with Crippen molar-refractivity contribution in [2.24, 2.45) is 0 Å². The van der Waals surface area contributed by atoms with E-state index in [4.69, 9.17) is 9.47 Å². The van der Waals surface area contributed by atoms with Gasteiger partial charge in [0.15, 0.2) is 0 Å². The lowest BCUT2D eigenvalue weighted by Gasteiger charge is -2.21. The summed E-state index contributed by atoms with van der Waals surface area (Å²) in [7, 11) is 0. The molecule has 0 bridgehead atoms. The highest BCUT2D eigenvalue weighted by atomic mass is 16.5. The van der Waals surface area contributed by atoms with Crippen molar-refractivity contribution in [3.63, 3.8) is 0 Å². The number of rotatable bonds is 16. The number of amides is 1. The SMILES string of the molecule is C=CCNc1nc(NCCOCCOCCNC(=O)c2ccccc2)nc(NC2CCCCCCC2)n1. The average molecular weight is 512 g/mol. The molecule has 202 valence electrons. The van der Waals surface area contributed by atoms with Gasteiger partial charge in [-0.05, 0) is 25.0 Å². The second-order valence-electron chi connectivity index (χ2n) is 8.94. The maximum Gasteiger partial charge on any atom is 0.251 e. The average Bonchev–Trinajstić information content (AvgIpc) is 2.90. The molecule has 1 aromatic carbocycles. The molecule has 4 N–H and O–H groups in total. The molecule has 1 aromatic heterocycles. The van der Waals surface area contributed by atoms with Gasteiger partial charge in [-0.3, -0.25) is 4.79 Å². The normalized spacial score (nSPS) is 14.3. The summed E-state index contributed by atoms with van der Waals surface area (Å²) in [5.41, 5.74) is 0.642. The predicted molar refractivity (Wildman–Crippen MR) is 147 cm³/mol. The number of hydrogen-bond donors (Lipinski definition) is 4. The van der Waals surface area contributed by atoms with E-state index < -0.39 is 0 Å². The van der Waals surface area contributed by atoms with Crippen LogP contribution in [0.5, 0.6) is 0 Å². The van der Waals surface area contributed by atoms with Crippen molar-refractivity contribution in [1.29, 1.82) is 0 Å². The van der Waals surface area contributed by atoms with Gasteiger partial charge in [-0.15, -0.1) is 6.58 Å². The molecule has 1 saturated carbocycles. The number of carbonyl (C=O) groups excluding carboxylic acids is 1. The maximum atomic E-state index is 12.0. The lowest BCUT2D eigenvalue weighted by molar-refractivity contribution is 0.0519. The van der Waals surface area contributed by atoms with E-state index in [-0.39, 0.29) is 5.91 Å². The Morgan fingerprint density at radius 2 is 1.46 bits per heavy atom. The zero-order chi connectivity index (χ0) is 26.0. The standard InChI is InChI=1S/C27H41N7O3/c1-2-15-29-25-32-26(34-27(33-25)31-23-13-9-4-3-5-10-14-23)30-17-19-37-21-20-36-18-16-28-24(35)22-11-7-6-8-12-22/h2,6-8,11-12,23H,1,3-5,9-10,13-21H2,(H,28,35)(H3,29,30,31,32,33,34). The van der Waals surface area contributed by atoms with E-state index in [1.807, 2.05) is 18.2 Å². The van der Waals surface area contributed by atoms with Gasteiger partial charge < -0.3 is 30.7 Å². The van der Waals surface area contributed by atoms with Gasteiger partial charge >= 0.3 is 0 Å². The molecule has 0 radical (unpaired) electrons. The minimum Gasteiger partial charge on any atom is -0.377 e. The van der Waals surface area contributed by atoms with E-state index in [2.05, 4.69) is 42.8 Å². The van der Waals surface area contributed by atoms with Gasteiger partial charge in [0.25, 0.3) is 5.91 Å². The number of anilines is 3. The lowest BCUT2D eigenvalue weighted by atomic mass is 9.97. The molecule has 1 aliphatic carbocycles. The second-order valence-corrected chi connectivity index (χ2v) is 8.94. The number of hydrogen-bond acceptors (Lipinski definition) is 9. The summed E-state index contributed by atoms with van der Waals surface area (Å²) in [4.78, 5) is 25.5. The quantitative estimate of drug-likeness (QED) is 0.196. The van der Waals surface area contributed by atoms with Gasteiger partial charge in [-0.25, -0.2) is 0 Å². The molecule has 1 heterocycles. The van der Waals surface area contributed by atoms with Crippen LogP contribution in [0.15, 0.2) is 43.0 Å². The summed E-state index contributed by atoms with van der Waals surface area (Å²) in [5, 5.41) is 12.7. The molecule has 2 aromatic rings. The first kappa shape index (κ1) is 28.3. The third-order valence-corrected chi connectivity index (χ3v) is 5.95. The first-order valence-electron chi connectivity index (χ1n) is 13.3. The van der Waals surface area contributed by atoms with Gasteiger partial charge in [0, 0.05) is 31.2 Å². The number of benzene rings is 1. The van der Waals surface area contributed by atoms with Crippen LogP contribution >= 0.6 is 0 Å². The number of nitrogens with one attached hydrogen (secondary N) is 4. The van der Waals surface area contributed by atoms with E-state index in [1.54, 1.807) is 18.2 Å². The van der Waals surface area contributed by atoms with Crippen LogP contribution in [0.3, 0.4) is 0 Å². The monoisotopic (exact) mass is 511 g/mol. The molecule has 1 aliphatic rings. The Hall–Kier alpha value is -3.24. The fourth-order valence-corrected chi connectivity index (χ4v) is 4.03. The van der Waals surface area contributed by atoms with Crippen LogP contribution in [-0.4, -0.2) is 73.0 Å². The van der Waals surface area contributed by atoms with Crippen LogP contribution in [0.25, 0.3) is 0 Å². The van der Waals surface area contributed by atoms with E-state index in [9.17, 15) is 4.79 Å². The molecule has 3 rings (SSSR count). The molecule has 37 heavy (non-hydrogen) atoms. The fourth-order valence-electron chi connectivity index (χ4n) is 4.03. The summed E-state index contributed by atoms with van der Waals surface area (Å²) < 4.78 is 11.2. The molecule has 0 saturated heterocycles. The van der Waals surface area contributed by atoms with Crippen molar-refractivity contribution in [2.45, 2.75) is 51.0 Å². The van der Waals surface area contributed by atoms with Crippen LogP contribution in [0.2, 0.25) is 0 Å². The summed E-state index contributed by atoms with van der Waals surface area (Å²) >= 11 is 0. The third-order valence-electron chi connectivity index (χ3n) is 5.95. The third kappa shape index (κ3) is 11.6. The van der Waals surface area contributed by atoms with Crippen LogP contribution in [0.4, 0.5) is 17.8 Å². The minimum absolute atomic E-state index is 0.101. The molecule has 1 amide bonds. The zero-order valence-corrected chi connectivity index (χ0v) is 21.7. The topological polar surface area (TPSA) is 122 Å². The first-order chi connectivity index (χ1) is 18.2. The maximum absolute atomic E-state index is 12.0. The molecular formula is C27H41N7O3. The Morgan fingerprint density at radius 1 is 0.838 bits per heavy atom. The molecule has 0 spiro atoms. The fraction of sp³-hybridized carbons (Fsp3) is 0.556. The first-order valence-corrected chi connectivity index (χ1v) is 13.3. The smallest absolute Gasteiger partial charge is 0.251 e. The summed E-state index contributed by atoms with van der Waals surface area (Å²) in [6, 6.07) is 9.51. The van der Waals surface area contributed by atoms with Gasteiger partial charge in [0.1, 0.15) is 0 Å². The molecule has 10 nitrogen and oxygen atoms in total. The highest BCUT2D eigenvalue weighted by Crippen LogP contribution is 2.20. The summed E-state index contributed by atoms with van der Waals surface area (Å²) in [5.74, 6) is 1.50. The Balaban J connectivity index is 1.32. The van der Waals surface area contributed by atoms with Gasteiger partial charge in [0.2, 0.25) is 17.8 Å². The summed E-state index contributed by atoms with van der Waals surface area (Å²) in [6.07, 6.45) is 10.4. The minimum atomic E-state index is -0.101. The predicted octanol–water partition coefficient (Wildman–Crippen LogP) is 3.87. The number of ether oxygens (including phenoxy) is 2. The van der Waals surface area contributed by atoms with Crippen molar-refractivity contribution in [3.05, 3.63) is 48.6 Å². The van der Waals surface area contributed by atoms with Crippen molar-refractivity contribution in [3.8, 4) is 0 Å². The Morgan fingerprint density at radius 3 is 2.16 bits per heavy atom. The molecule has 0 aliphatic heterocycles. The van der Waals surface area contributed by atoms with Gasteiger partial charge in [-0.1, -0.05) is 56.4 Å². The molecule has 0 unspecified atom stereocenters. The Labute approximate surface area is 220 Å². The zero-order valence-electron chi connectivity index (χ0n) is 21.7. The Kier molecular flexibility index (Phi) is 13.2. The Bertz CT molecular complexity index is 921. The van der Waals surface area contributed by atoms with Crippen LogP contribution < -0.4 is 21.3 Å². The second kappa shape index (κ2) is 17.3. The van der Waals surface area contributed by atoms with Crippen LogP contribution in [0.1, 0.15) is 55.3 Å². The molecule has 0 atom stereocenters. The molecular weight excluding hydrogens is 470 g/mol. The van der Waals surface area contributed by atoms with Crippen molar-refractivity contribution in [2.75, 3.05) is 62.0 Å². The van der Waals surface area contributed by atoms with E-state index in [0.29, 0.717) is 75.5 Å². The largest absolute Gasteiger partial charge is 0.377 e. The number of aromatic nitrogens is 3. The van der Waals surface area contributed by atoms with Crippen LogP contribution in [0, 0.1) is 0 Å². The molecule has 10 heteroatoms. The van der Waals surface area contributed by atoms with E-state index >= 15 is 0 Å². The van der Waals surface area contributed by atoms with E-state index in [1.165, 1.54) is 32.1 Å². The van der Waals surface area contributed by atoms with Crippen LogP contribution in [-0.2, 0) is 9.47 Å².